The van der Waals surface area contributed by atoms with Crippen LogP contribution in [0.4, 0.5) is 0 Å². The number of hydrogen-bond acceptors (Lipinski definition) is 3. The molecule has 0 saturated heterocycles. The minimum atomic E-state index is -0.0611. The molecule has 0 fully saturated rings. The lowest BCUT2D eigenvalue weighted by Gasteiger charge is -2.22. The first kappa shape index (κ1) is 16.2. The van der Waals surface area contributed by atoms with E-state index in [0.29, 0.717) is 13.0 Å². The third kappa shape index (κ3) is 6.21. The van der Waals surface area contributed by atoms with Crippen LogP contribution in [0.1, 0.15) is 51.0 Å². The molecule has 4 heteroatoms. The van der Waals surface area contributed by atoms with Crippen LogP contribution in [0.5, 0.6) is 0 Å². The molecule has 1 unspecified atom stereocenters. The van der Waals surface area contributed by atoms with Crippen molar-refractivity contribution < 1.29 is 4.79 Å². The lowest BCUT2D eigenvalue weighted by atomic mass is 9.87. The zero-order valence-electron chi connectivity index (χ0n) is 12.5. The Bertz CT molecular complexity index is 407. The van der Waals surface area contributed by atoms with E-state index < -0.39 is 0 Å². The Kier molecular flexibility index (Phi) is 6.01. The minimum absolute atomic E-state index is 0.0483. The van der Waals surface area contributed by atoms with E-state index in [0.717, 1.165) is 12.8 Å². The average Bonchev–Trinajstić information content (AvgIpc) is 2.70. The number of nitrogens with one attached hydrogen (secondary N) is 1. The van der Waals surface area contributed by atoms with Gasteiger partial charge in [0, 0.05) is 17.3 Å². The first-order valence-electron chi connectivity index (χ1n) is 6.89. The predicted molar refractivity (Wildman–Crippen MR) is 82.2 cm³/mol. The second kappa shape index (κ2) is 7.06. The van der Waals surface area contributed by atoms with E-state index in [1.54, 1.807) is 11.3 Å². The SMILES string of the molecule is CCc1ccsc1CNC(=O)CC(N)CC(C)(C)C. The van der Waals surface area contributed by atoms with Gasteiger partial charge in [-0.25, -0.2) is 0 Å². The molecule has 0 spiro atoms. The van der Waals surface area contributed by atoms with Crippen LogP contribution in [0.3, 0.4) is 0 Å². The quantitative estimate of drug-likeness (QED) is 0.842. The number of nitrogens with two attached hydrogens (primary N) is 1. The lowest BCUT2D eigenvalue weighted by Crippen LogP contribution is -2.33. The van der Waals surface area contributed by atoms with Gasteiger partial charge in [0.25, 0.3) is 0 Å². The van der Waals surface area contributed by atoms with E-state index in [1.165, 1.54) is 10.4 Å². The van der Waals surface area contributed by atoms with E-state index in [1.807, 2.05) is 0 Å². The summed E-state index contributed by atoms with van der Waals surface area (Å²) in [5.74, 6) is 0.0483. The Morgan fingerprint density at radius 3 is 2.74 bits per heavy atom. The number of carbonyl (C=O) groups excluding carboxylic acids is 1. The third-order valence-electron chi connectivity index (χ3n) is 2.99. The highest BCUT2D eigenvalue weighted by atomic mass is 32.1. The number of carbonyl (C=O) groups is 1. The van der Waals surface area contributed by atoms with Gasteiger partial charge in [-0.15, -0.1) is 11.3 Å². The van der Waals surface area contributed by atoms with Crippen molar-refractivity contribution in [3.05, 3.63) is 21.9 Å². The van der Waals surface area contributed by atoms with Crippen molar-refractivity contribution in [3.8, 4) is 0 Å². The normalized spacial score (nSPS) is 13.3. The van der Waals surface area contributed by atoms with Crippen molar-refractivity contribution in [2.75, 3.05) is 0 Å². The maximum atomic E-state index is 11.8. The van der Waals surface area contributed by atoms with Gasteiger partial charge in [-0.3, -0.25) is 4.79 Å². The Morgan fingerprint density at radius 2 is 2.16 bits per heavy atom. The molecule has 0 aliphatic carbocycles. The van der Waals surface area contributed by atoms with Crippen molar-refractivity contribution in [3.63, 3.8) is 0 Å². The molecule has 0 radical (unpaired) electrons. The molecule has 1 heterocycles. The van der Waals surface area contributed by atoms with Crippen molar-refractivity contribution in [1.82, 2.24) is 5.32 Å². The fourth-order valence-corrected chi connectivity index (χ4v) is 3.10. The summed E-state index contributed by atoms with van der Waals surface area (Å²) in [7, 11) is 0. The summed E-state index contributed by atoms with van der Waals surface area (Å²) in [5, 5.41) is 5.04. The fourth-order valence-electron chi connectivity index (χ4n) is 2.19. The van der Waals surface area contributed by atoms with Gasteiger partial charge in [0.05, 0.1) is 6.54 Å². The molecule has 1 aromatic rings. The van der Waals surface area contributed by atoms with E-state index >= 15 is 0 Å². The van der Waals surface area contributed by atoms with E-state index in [9.17, 15) is 4.79 Å². The molecule has 0 bridgehead atoms. The summed E-state index contributed by atoms with van der Waals surface area (Å²) < 4.78 is 0. The van der Waals surface area contributed by atoms with Gasteiger partial charge in [0.15, 0.2) is 0 Å². The number of aryl methyl sites for hydroxylation is 1. The lowest BCUT2D eigenvalue weighted by molar-refractivity contribution is -0.121. The third-order valence-corrected chi connectivity index (χ3v) is 3.95. The Labute approximate surface area is 120 Å². The number of thiophene rings is 1. The van der Waals surface area contributed by atoms with E-state index in [-0.39, 0.29) is 17.4 Å². The van der Waals surface area contributed by atoms with Crippen molar-refractivity contribution >= 4 is 17.2 Å². The molecule has 0 aromatic carbocycles. The summed E-state index contributed by atoms with van der Waals surface area (Å²) in [6.45, 7) is 9.19. The van der Waals surface area contributed by atoms with Gasteiger partial charge < -0.3 is 11.1 Å². The monoisotopic (exact) mass is 282 g/mol. The Hall–Kier alpha value is -0.870. The summed E-state index contributed by atoms with van der Waals surface area (Å²) in [6.07, 6.45) is 2.28. The molecule has 1 amide bonds. The van der Waals surface area contributed by atoms with E-state index in [4.69, 9.17) is 5.73 Å². The zero-order valence-corrected chi connectivity index (χ0v) is 13.3. The second-order valence-corrected chi connectivity index (χ2v) is 7.23. The molecule has 19 heavy (non-hydrogen) atoms. The first-order valence-corrected chi connectivity index (χ1v) is 7.77. The molecule has 3 nitrogen and oxygen atoms in total. The van der Waals surface area contributed by atoms with Crippen LogP contribution in [0.25, 0.3) is 0 Å². The standard InChI is InChI=1S/C15H26N2OS/c1-5-11-6-7-19-13(11)10-17-14(18)8-12(16)9-15(2,3)4/h6-7,12H,5,8-10,16H2,1-4H3,(H,17,18). The van der Waals surface area contributed by atoms with Crippen LogP contribution < -0.4 is 11.1 Å². The summed E-state index contributed by atoms with van der Waals surface area (Å²) >= 11 is 1.70. The number of amides is 1. The molecule has 0 aliphatic heterocycles. The van der Waals surface area contributed by atoms with Gasteiger partial charge in [0.1, 0.15) is 0 Å². The van der Waals surface area contributed by atoms with Crippen LogP contribution in [-0.2, 0) is 17.8 Å². The smallest absolute Gasteiger partial charge is 0.221 e. The second-order valence-electron chi connectivity index (χ2n) is 6.23. The maximum Gasteiger partial charge on any atom is 0.221 e. The van der Waals surface area contributed by atoms with Crippen molar-refractivity contribution in [2.24, 2.45) is 11.1 Å². The molecule has 3 N–H and O–H groups in total. The summed E-state index contributed by atoms with van der Waals surface area (Å²) in [4.78, 5) is 13.1. The predicted octanol–water partition coefficient (Wildman–Crippen LogP) is 3.08. The number of rotatable bonds is 6. The largest absolute Gasteiger partial charge is 0.351 e. The zero-order chi connectivity index (χ0) is 14.5. The average molecular weight is 282 g/mol. The van der Waals surface area contributed by atoms with Crippen molar-refractivity contribution in [1.29, 1.82) is 0 Å². The summed E-state index contributed by atoms with van der Waals surface area (Å²) in [6, 6.07) is 2.06. The van der Waals surface area contributed by atoms with Gasteiger partial charge in [-0.2, -0.15) is 0 Å². The molecular formula is C15H26N2OS. The Morgan fingerprint density at radius 1 is 1.47 bits per heavy atom. The highest BCUT2D eigenvalue weighted by Gasteiger charge is 2.18. The van der Waals surface area contributed by atoms with Crippen LogP contribution in [-0.4, -0.2) is 11.9 Å². The number of hydrogen-bond donors (Lipinski definition) is 2. The van der Waals surface area contributed by atoms with Crippen LogP contribution in [0.2, 0.25) is 0 Å². The van der Waals surface area contributed by atoms with Gasteiger partial charge >= 0.3 is 0 Å². The van der Waals surface area contributed by atoms with Crippen LogP contribution in [0.15, 0.2) is 11.4 Å². The van der Waals surface area contributed by atoms with Gasteiger partial charge in [0.2, 0.25) is 5.91 Å². The van der Waals surface area contributed by atoms with Crippen molar-refractivity contribution in [2.45, 2.75) is 59.5 Å². The van der Waals surface area contributed by atoms with Crippen LogP contribution in [0, 0.1) is 5.41 Å². The highest BCUT2D eigenvalue weighted by molar-refractivity contribution is 7.10. The molecule has 1 atom stereocenters. The summed E-state index contributed by atoms with van der Waals surface area (Å²) in [5.41, 5.74) is 7.50. The maximum absolute atomic E-state index is 11.8. The molecule has 0 aliphatic rings. The molecule has 108 valence electrons. The van der Waals surface area contributed by atoms with E-state index in [2.05, 4.69) is 44.5 Å². The Balaban J connectivity index is 2.36. The molecular weight excluding hydrogens is 256 g/mol. The topological polar surface area (TPSA) is 55.1 Å². The fraction of sp³-hybridized carbons (Fsp3) is 0.667. The van der Waals surface area contributed by atoms with Gasteiger partial charge in [-0.05, 0) is 35.3 Å². The minimum Gasteiger partial charge on any atom is -0.351 e. The van der Waals surface area contributed by atoms with Crippen LogP contribution >= 0.6 is 11.3 Å². The molecule has 1 aromatic heterocycles. The highest BCUT2D eigenvalue weighted by Crippen LogP contribution is 2.21. The van der Waals surface area contributed by atoms with Gasteiger partial charge in [-0.1, -0.05) is 27.7 Å². The first-order chi connectivity index (χ1) is 8.81. The molecule has 0 saturated carbocycles. The molecule has 1 rings (SSSR count).